The lowest BCUT2D eigenvalue weighted by Gasteiger charge is -2.03. The van der Waals surface area contributed by atoms with Crippen molar-refractivity contribution in [3.8, 4) is 0 Å². The van der Waals surface area contributed by atoms with Gasteiger partial charge in [0.25, 0.3) is 0 Å². The van der Waals surface area contributed by atoms with Crippen molar-refractivity contribution < 1.29 is 0 Å². The molecule has 0 spiro atoms. The number of hydrogen-bond acceptors (Lipinski definition) is 4. The van der Waals surface area contributed by atoms with Gasteiger partial charge in [-0.15, -0.1) is 5.10 Å². The van der Waals surface area contributed by atoms with E-state index in [-0.39, 0.29) is 18.2 Å². The summed E-state index contributed by atoms with van der Waals surface area (Å²) < 4.78 is 2.60. The fourth-order valence-electron chi connectivity index (χ4n) is 2.65. The van der Waals surface area contributed by atoms with Crippen molar-refractivity contribution in [2.75, 3.05) is 5.73 Å². The first kappa shape index (κ1) is 15.0. The van der Waals surface area contributed by atoms with Crippen molar-refractivity contribution in [1.82, 2.24) is 19.2 Å². The Morgan fingerprint density at radius 1 is 1.12 bits per heavy atom. The van der Waals surface area contributed by atoms with Gasteiger partial charge in [-0.2, -0.15) is 0 Å². The summed E-state index contributed by atoms with van der Waals surface area (Å²) in [6.07, 6.45) is 0. The zero-order chi connectivity index (χ0) is 16.8. The topological polar surface area (TPSA) is 78.2 Å². The molecule has 120 valence electrons. The van der Waals surface area contributed by atoms with Gasteiger partial charge in [0.2, 0.25) is 5.95 Å². The van der Waals surface area contributed by atoms with E-state index in [2.05, 4.69) is 10.1 Å². The molecule has 2 aromatic carbocycles. The van der Waals surface area contributed by atoms with Crippen LogP contribution in [0, 0.1) is 0 Å². The molecule has 0 amide bonds. The molecule has 24 heavy (non-hydrogen) atoms. The fourth-order valence-corrected chi connectivity index (χ4v) is 3.02. The molecule has 0 unspecified atom stereocenters. The van der Waals surface area contributed by atoms with E-state index < -0.39 is 0 Å². The number of hydrogen-bond donors (Lipinski definition) is 1. The molecule has 0 aliphatic heterocycles. The quantitative estimate of drug-likeness (QED) is 0.596. The maximum Gasteiger partial charge on any atom is 0.353 e. The van der Waals surface area contributed by atoms with Gasteiger partial charge < -0.3 is 5.73 Å². The number of para-hydroxylation sites is 1. The van der Waals surface area contributed by atoms with Crippen LogP contribution in [0.25, 0.3) is 16.6 Å². The van der Waals surface area contributed by atoms with Crippen LogP contribution in [0.4, 0.5) is 5.95 Å². The molecule has 2 heterocycles. The van der Waals surface area contributed by atoms with Crippen molar-refractivity contribution in [3.63, 3.8) is 0 Å². The maximum absolute atomic E-state index is 12.7. The summed E-state index contributed by atoms with van der Waals surface area (Å²) in [4.78, 5) is 16.9. The third kappa shape index (κ3) is 2.31. The summed E-state index contributed by atoms with van der Waals surface area (Å²) in [6.45, 7) is 0.188. The van der Waals surface area contributed by atoms with E-state index in [9.17, 15) is 4.79 Å². The van der Waals surface area contributed by atoms with Crippen LogP contribution < -0.4 is 11.4 Å². The Balaban J connectivity index is 1.96. The van der Waals surface area contributed by atoms with Crippen LogP contribution in [0.1, 0.15) is 5.56 Å². The standard InChI is InChI=1S/C16H11Cl2N5O/c17-10-5-6-12(18)9(7-10)8-22-16(24)23-14(21-22)11-3-1-2-4-13(11)20-15(23)19/h1-7H,8H2,(H2,19,20). The number of anilines is 1. The Morgan fingerprint density at radius 2 is 1.92 bits per heavy atom. The Hall–Kier alpha value is -2.57. The van der Waals surface area contributed by atoms with E-state index in [0.29, 0.717) is 26.8 Å². The zero-order valence-corrected chi connectivity index (χ0v) is 13.8. The van der Waals surface area contributed by atoms with Crippen molar-refractivity contribution >= 4 is 45.7 Å². The molecule has 0 saturated heterocycles. The molecule has 0 aliphatic rings. The lowest BCUT2D eigenvalue weighted by Crippen LogP contribution is -2.23. The highest BCUT2D eigenvalue weighted by atomic mass is 35.5. The van der Waals surface area contributed by atoms with Crippen LogP contribution >= 0.6 is 23.2 Å². The second-order valence-electron chi connectivity index (χ2n) is 5.32. The molecule has 4 aromatic rings. The number of nitrogen functional groups attached to an aromatic ring is 1. The number of benzene rings is 2. The Labute approximate surface area is 146 Å². The highest BCUT2D eigenvalue weighted by molar-refractivity contribution is 6.33. The SMILES string of the molecule is Nc1nc2ccccc2c2nn(Cc3cc(Cl)ccc3Cl)c(=O)n12. The summed E-state index contributed by atoms with van der Waals surface area (Å²) in [5.41, 5.74) is 7.40. The maximum atomic E-state index is 12.7. The van der Waals surface area contributed by atoms with Crippen molar-refractivity contribution in [1.29, 1.82) is 0 Å². The van der Waals surface area contributed by atoms with Gasteiger partial charge in [-0.3, -0.25) is 0 Å². The van der Waals surface area contributed by atoms with Gasteiger partial charge >= 0.3 is 5.69 Å². The summed E-state index contributed by atoms with van der Waals surface area (Å²) in [7, 11) is 0. The monoisotopic (exact) mass is 359 g/mol. The van der Waals surface area contributed by atoms with Gasteiger partial charge in [-0.1, -0.05) is 35.3 Å². The third-order valence-electron chi connectivity index (χ3n) is 3.78. The van der Waals surface area contributed by atoms with Gasteiger partial charge in [-0.05, 0) is 35.9 Å². The van der Waals surface area contributed by atoms with Gasteiger partial charge in [0.1, 0.15) is 0 Å². The molecule has 2 aromatic heterocycles. The third-order valence-corrected chi connectivity index (χ3v) is 4.38. The number of rotatable bonds is 2. The van der Waals surface area contributed by atoms with Crippen LogP contribution in [0.15, 0.2) is 47.3 Å². The van der Waals surface area contributed by atoms with E-state index in [4.69, 9.17) is 28.9 Å². The van der Waals surface area contributed by atoms with Gasteiger partial charge in [0.15, 0.2) is 5.65 Å². The zero-order valence-electron chi connectivity index (χ0n) is 12.3. The van der Waals surface area contributed by atoms with Crippen LogP contribution in [0.3, 0.4) is 0 Å². The predicted octanol–water partition coefficient (Wildman–Crippen LogP) is 2.98. The Morgan fingerprint density at radius 3 is 2.75 bits per heavy atom. The summed E-state index contributed by atoms with van der Waals surface area (Å²) in [5.74, 6) is 0.0946. The van der Waals surface area contributed by atoms with Crippen LogP contribution in [0.5, 0.6) is 0 Å². The van der Waals surface area contributed by atoms with Gasteiger partial charge in [0, 0.05) is 15.4 Å². The van der Waals surface area contributed by atoms with E-state index in [0.717, 1.165) is 5.39 Å². The van der Waals surface area contributed by atoms with Crippen molar-refractivity contribution in [2.24, 2.45) is 0 Å². The molecule has 0 aliphatic carbocycles. The Kier molecular flexibility index (Phi) is 3.44. The molecule has 0 saturated carbocycles. The molecule has 0 bridgehead atoms. The normalized spacial score (nSPS) is 11.4. The summed E-state index contributed by atoms with van der Waals surface area (Å²) >= 11 is 12.2. The van der Waals surface area contributed by atoms with Gasteiger partial charge in [-0.25, -0.2) is 18.9 Å². The van der Waals surface area contributed by atoms with Gasteiger partial charge in [0.05, 0.1) is 12.1 Å². The minimum Gasteiger partial charge on any atom is -0.369 e. The fraction of sp³-hybridized carbons (Fsp3) is 0.0625. The largest absolute Gasteiger partial charge is 0.369 e. The minimum atomic E-state index is -0.378. The van der Waals surface area contributed by atoms with E-state index in [1.165, 1.54) is 9.08 Å². The van der Waals surface area contributed by atoms with E-state index >= 15 is 0 Å². The predicted molar refractivity (Wildman–Crippen MR) is 94.7 cm³/mol. The van der Waals surface area contributed by atoms with Crippen LogP contribution in [-0.2, 0) is 6.54 Å². The summed E-state index contributed by atoms with van der Waals surface area (Å²) in [5, 5.41) is 6.22. The molecular formula is C16H11Cl2N5O. The average Bonchev–Trinajstić information content (AvgIpc) is 2.89. The lowest BCUT2D eigenvalue weighted by atomic mass is 10.2. The first-order valence-electron chi connectivity index (χ1n) is 7.12. The average molecular weight is 360 g/mol. The summed E-state index contributed by atoms with van der Waals surface area (Å²) in [6, 6.07) is 12.5. The van der Waals surface area contributed by atoms with Crippen LogP contribution in [-0.4, -0.2) is 19.2 Å². The number of halogens is 2. The highest BCUT2D eigenvalue weighted by Crippen LogP contribution is 2.22. The van der Waals surface area contributed by atoms with Crippen molar-refractivity contribution in [2.45, 2.75) is 6.54 Å². The molecule has 8 heteroatoms. The lowest BCUT2D eigenvalue weighted by molar-refractivity contribution is 0.659. The number of fused-ring (bicyclic) bond motifs is 3. The molecule has 0 fully saturated rings. The van der Waals surface area contributed by atoms with Crippen molar-refractivity contribution in [3.05, 3.63) is 68.6 Å². The number of nitrogens with zero attached hydrogens (tertiary/aromatic N) is 4. The molecule has 0 atom stereocenters. The second-order valence-corrected chi connectivity index (χ2v) is 6.17. The minimum absolute atomic E-state index is 0.0946. The smallest absolute Gasteiger partial charge is 0.353 e. The second kappa shape index (κ2) is 5.51. The molecule has 0 radical (unpaired) electrons. The molecular weight excluding hydrogens is 349 g/mol. The first-order valence-corrected chi connectivity index (χ1v) is 7.88. The van der Waals surface area contributed by atoms with Crippen LogP contribution in [0.2, 0.25) is 10.0 Å². The molecule has 4 rings (SSSR count). The number of nitrogens with two attached hydrogens (primary N) is 1. The molecule has 2 N–H and O–H groups in total. The number of aromatic nitrogens is 4. The van der Waals surface area contributed by atoms with E-state index in [1.54, 1.807) is 18.2 Å². The first-order chi connectivity index (χ1) is 11.5. The highest BCUT2D eigenvalue weighted by Gasteiger charge is 2.15. The Bertz CT molecular complexity index is 1150. The molecule has 6 nitrogen and oxygen atoms in total. The van der Waals surface area contributed by atoms with E-state index in [1.807, 2.05) is 24.3 Å².